The number of rotatable bonds is 7. The van der Waals surface area contributed by atoms with Crippen LogP contribution in [0, 0.1) is 0 Å². The molecule has 0 heterocycles. The summed E-state index contributed by atoms with van der Waals surface area (Å²) in [6.07, 6.45) is 0. The molecule has 0 unspecified atom stereocenters. The highest BCUT2D eigenvalue weighted by atomic mass is 16.3. The third-order valence-corrected chi connectivity index (χ3v) is 6.17. The van der Waals surface area contributed by atoms with Crippen LogP contribution in [-0.4, -0.2) is 5.11 Å². The average Bonchev–Trinajstić information content (AvgIpc) is 2.90. The van der Waals surface area contributed by atoms with Crippen molar-refractivity contribution in [1.82, 2.24) is 0 Å². The molecule has 0 spiro atoms. The number of aromatic hydroxyl groups is 1. The summed E-state index contributed by atoms with van der Waals surface area (Å²) in [6.45, 7) is 8.34. The van der Waals surface area contributed by atoms with E-state index in [0.717, 1.165) is 61.5 Å². The first kappa shape index (κ1) is 22.8. The Hall–Kier alpha value is -4.96. The van der Waals surface area contributed by atoms with Crippen molar-refractivity contribution < 1.29 is 5.11 Å². The molecule has 0 aliphatic heterocycles. The number of anilines is 3. The van der Waals surface area contributed by atoms with Gasteiger partial charge in [0.1, 0.15) is 5.75 Å². The van der Waals surface area contributed by atoms with E-state index < -0.39 is 0 Å². The second-order valence-electron chi connectivity index (χ2n) is 8.66. The maximum Gasteiger partial charge on any atom is 0.125 e. The van der Waals surface area contributed by atoms with Crippen LogP contribution in [0.15, 0.2) is 122 Å². The fraction of sp³-hybridized carbons (Fsp3) is 0. The van der Waals surface area contributed by atoms with Crippen molar-refractivity contribution in [1.29, 1.82) is 0 Å². The lowest BCUT2D eigenvalue weighted by Crippen LogP contribution is -1.98. The van der Waals surface area contributed by atoms with Gasteiger partial charge in [-0.3, -0.25) is 0 Å². The predicted octanol–water partition coefficient (Wildman–Crippen LogP) is 7.96. The number of hydrogen-bond donors (Lipinski definition) is 4. The number of nitrogens with two attached hydrogens (primary N) is 1. The summed E-state index contributed by atoms with van der Waals surface area (Å²) in [5.74, 6) is 0.244. The third-order valence-electron chi connectivity index (χ3n) is 6.17. The Morgan fingerprint density at radius 1 is 0.611 bits per heavy atom. The van der Waals surface area contributed by atoms with Crippen LogP contribution in [0.5, 0.6) is 5.75 Å². The molecule has 36 heavy (non-hydrogen) atoms. The first-order valence-electron chi connectivity index (χ1n) is 11.7. The lowest BCUT2D eigenvalue weighted by Gasteiger charge is -2.14. The molecule has 5 rings (SSSR count). The van der Waals surface area contributed by atoms with Crippen molar-refractivity contribution in [2.45, 2.75) is 0 Å². The van der Waals surface area contributed by atoms with Gasteiger partial charge < -0.3 is 21.5 Å². The summed E-state index contributed by atoms with van der Waals surface area (Å²) in [4.78, 5) is 0. The van der Waals surface area contributed by atoms with Gasteiger partial charge in [-0.05, 0) is 64.0 Å². The zero-order chi connectivity index (χ0) is 25.1. The van der Waals surface area contributed by atoms with E-state index >= 15 is 0 Å². The zero-order valence-electron chi connectivity index (χ0n) is 19.8. The molecule has 5 N–H and O–H groups in total. The van der Waals surface area contributed by atoms with E-state index in [2.05, 4.69) is 48.1 Å². The molecular formula is C32H27N3O. The molecule has 0 atom stereocenters. The SMILES string of the molecule is C=C(Nc1ccc(-c2ccc(C(=C)Nc3cccc4cccc(O)c34)cc2)cc1)c1ccc(N)cc1. The molecule has 0 saturated heterocycles. The highest BCUT2D eigenvalue weighted by Gasteiger charge is 2.08. The monoisotopic (exact) mass is 469 g/mol. The molecule has 5 aromatic carbocycles. The summed E-state index contributed by atoms with van der Waals surface area (Å²) < 4.78 is 0. The standard InChI is InChI=1S/C32H27N3O/c1-21(24-13-17-28(33)18-14-24)34-29-19-15-26(16-20-29)25-11-9-23(10-12-25)22(2)35-30-7-3-5-27-6-4-8-31(36)32(27)30/h3-20,34-36H,1-2,33H2. The largest absolute Gasteiger partial charge is 0.507 e. The van der Waals surface area contributed by atoms with Crippen molar-refractivity contribution in [3.63, 3.8) is 0 Å². The summed E-state index contributed by atoms with van der Waals surface area (Å²) in [7, 11) is 0. The first-order chi connectivity index (χ1) is 17.5. The van der Waals surface area contributed by atoms with E-state index in [4.69, 9.17) is 5.73 Å². The number of hydrogen-bond acceptors (Lipinski definition) is 4. The Bertz CT molecular complexity index is 1550. The number of benzene rings is 5. The van der Waals surface area contributed by atoms with E-state index in [-0.39, 0.29) is 5.75 Å². The van der Waals surface area contributed by atoms with E-state index in [9.17, 15) is 5.11 Å². The molecule has 176 valence electrons. The Morgan fingerprint density at radius 2 is 1.14 bits per heavy atom. The van der Waals surface area contributed by atoms with Crippen LogP contribution in [0.2, 0.25) is 0 Å². The molecule has 0 saturated carbocycles. The number of fused-ring (bicyclic) bond motifs is 1. The molecular weight excluding hydrogens is 442 g/mol. The molecule has 0 fully saturated rings. The molecule has 0 aliphatic rings. The van der Waals surface area contributed by atoms with Crippen molar-refractivity contribution in [3.05, 3.63) is 133 Å². The van der Waals surface area contributed by atoms with Gasteiger partial charge in [0.2, 0.25) is 0 Å². The minimum Gasteiger partial charge on any atom is -0.507 e. The van der Waals surface area contributed by atoms with Gasteiger partial charge in [0.15, 0.2) is 0 Å². The van der Waals surface area contributed by atoms with Crippen LogP contribution in [0.3, 0.4) is 0 Å². The van der Waals surface area contributed by atoms with E-state index in [1.165, 1.54) is 0 Å². The molecule has 5 aromatic rings. The summed E-state index contributed by atoms with van der Waals surface area (Å²) >= 11 is 0. The smallest absolute Gasteiger partial charge is 0.125 e. The van der Waals surface area contributed by atoms with Gasteiger partial charge in [-0.1, -0.05) is 86.0 Å². The Balaban J connectivity index is 1.27. The molecule has 4 heteroatoms. The second-order valence-corrected chi connectivity index (χ2v) is 8.66. The van der Waals surface area contributed by atoms with Crippen LogP contribution in [0.25, 0.3) is 33.3 Å². The molecule has 0 amide bonds. The van der Waals surface area contributed by atoms with Crippen molar-refractivity contribution in [2.24, 2.45) is 0 Å². The Kier molecular flexibility index (Phi) is 6.16. The van der Waals surface area contributed by atoms with Gasteiger partial charge in [-0.15, -0.1) is 0 Å². The average molecular weight is 470 g/mol. The lowest BCUT2D eigenvalue weighted by molar-refractivity contribution is 0.482. The molecule has 0 aromatic heterocycles. The van der Waals surface area contributed by atoms with Crippen LogP contribution in [0.4, 0.5) is 17.1 Å². The van der Waals surface area contributed by atoms with Gasteiger partial charge in [-0.25, -0.2) is 0 Å². The predicted molar refractivity (Wildman–Crippen MR) is 154 cm³/mol. The maximum atomic E-state index is 10.4. The fourth-order valence-corrected chi connectivity index (χ4v) is 4.20. The van der Waals surface area contributed by atoms with Gasteiger partial charge in [0.25, 0.3) is 0 Å². The van der Waals surface area contributed by atoms with Gasteiger partial charge >= 0.3 is 0 Å². The van der Waals surface area contributed by atoms with Gasteiger partial charge in [0, 0.05) is 28.2 Å². The van der Waals surface area contributed by atoms with Crippen LogP contribution >= 0.6 is 0 Å². The summed E-state index contributed by atoms with van der Waals surface area (Å²) in [6, 6.07) is 35.5. The Morgan fingerprint density at radius 3 is 1.78 bits per heavy atom. The first-order valence-corrected chi connectivity index (χ1v) is 11.7. The second kappa shape index (κ2) is 9.72. The summed E-state index contributed by atoms with van der Waals surface area (Å²) in [5.41, 5.74) is 14.1. The number of nitrogens with one attached hydrogen (secondary N) is 2. The molecule has 0 bridgehead atoms. The highest BCUT2D eigenvalue weighted by molar-refractivity contribution is 6.01. The highest BCUT2D eigenvalue weighted by Crippen LogP contribution is 2.33. The van der Waals surface area contributed by atoms with Crippen LogP contribution in [0.1, 0.15) is 11.1 Å². The molecule has 4 nitrogen and oxygen atoms in total. The van der Waals surface area contributed by atoms with E-state index in [1.54, 1.807) is 6.07 Å². The van der Waals surface area contributed by atoms with Crippen LogP contribution < -0.4 is 16.4 Å². The van der Waals surface area contributed by atoms with Crippen LogP contribution in [-0.2, 0) is 0 Å². The van der Waals surface area contributed by atoms with E-state index in [1.807, 2.05) is 78.9 Å². The third kappa shape index (κ3) is 4.79. The van der Waals surface area contributed by atoms with E-state index in [0.29, 0.717) is 0 Å². The molecule has 0 aliphatic carbocycles. The molecule has 0 radical (unpaired) electrons. The fourth-order valence-electron chi connectivity index (χ4n) is 4.20. The number of phenolic OH excluding ortho intramolecular Hbond substituents is 1. The van der Waals surface area contributed by atoms with Crippen molar-refractivity contribution in [2.75, 3.05) is 16.4 Å². The Labute approximate surface area is 211 Å². The topological polar surface area (TPSA) is 70.3 Å². The minimum absolute atomic E-state index is 0.244. The quantitative estimate of drug-likeness (QED) is 0.183. The van der Waals surface area contributed by atoms with Crippen molar-refractivity contribution >= 4 is 39.2 Å². The lowest BCUT2D eigenvalue weighted by atomic mass is 10.0. The summed E-state index contributed by atoms with van der Waals surface area (Å²) in [5, 5.41) is 18.8. The number of phenols is 1. The zero-order valence-corrected chi connectivity index (χ0v) is 19.8. The van der Waals surface area contributed by atoms with Gasteiger partial charge in [0.05, 0.1) is 5.69 Å². The number of nitrogen functional groups attached to an aromatic ring is 1. The minimum atomic E-state index is 0.244. The van der Waals surface area contributed by atoms with Crippen molar-refractivity contribution in [3.8, 4) is 16.9 Å². The normalized spacial score (nSPS) is 10.7. The van der Waals surface area contributed by atoms with Gasteiger partial charge in [-0.2, -0.15) is 0 Å². The maximum absolute atomic E-state index is 10.4.